The maximum atomic E-state index is 13.9. The second-order valence-electron chi connectivity index (χ2n) is 5.97. The van der Waals surface area contributed by atoms with Crippen molar-refractivity contribution in [2.24, 2.45) is 5.41 Å². The zero-order chi connectivity index (χ0) is 14.5. The lowest BCUT2D eigenvalue weighted by atomic mass is 9.83. The SMILES string of the molecule is CCNC(CCc1ccc(OC)cc1F)C(C)(C)C. The van der Waals surface area contributed by atoms with E-state index < -0.39 is 0 Å². The summed E-state index contributed by atoms with van der Waals surface area (Å²) in [5.41, 5.74) is 0.937. The Labute approximate surface area is 116 Å². The molecule has 3 heteroatoms. The molecule has 0 spiro atoms. The third-order valence-electron chi connectivity index (χ3n) is 3.46. The smallest absolute Gasteiger partial charge is 0.130 e. The van der Waals surface area contributed by atoms with Crippen LogP contribution in [0.1, 0.15) is 39.7 Å². The van der Waals surface area contributed by atoms with Crippen molar-refractivity contribution in [2.75, 3.05) is 13.7 Å². The molecule has 1 rings (SSSR count). The van der Waals surface area contributed by atoms with Crippen LogP contribution >= 0.6 is 0 Å². The monoisotopic (exact) mass is 267 g/mol. The summed E-state index contributed by atoms with van der Waals surface area (Å²) < 4.78 is 18.9. The van der Waals surface area contributed by atoms with Crippen LogP contribution in [0.3, 0.4) is 0 Å². The molecule has 1 aromatic carbocycles. The molecule has 0 amide bonds. The first-order chi connectivity index (χ1) is 8.88. The Balaban J connectivity index is 2.69. The van der Waals surface area contributed by atoms with E-state index in [-0.39, 0.29) is 11.2 Å². The number of methoxy groups -OCH3 is 1. The lowest BCUT2D eigenvalue weighted by Crippen LogP contribution is -2.40. The molecule has 0 fully saturated rings. The predicted molar refractivity (Wildman–Crippen MR) is 78.2 cm³/mol. The molecule has 1 unspecified atom stereocenters. The van der Waals surface area contributed by atoms with Gasteiger partial charge in [-0.2, -0.15) is 0 Å². The number of aryl methyl sites for hydroxylation is 1. The zero-order valence-electron chi connectivity index (χ0n) is 12.7. The van der Waals surface area contributed by atoms with Crippen molar-refractivity contribution in [3.63, 3.8) is 0 Å². The molecule has 0 aromatic heterocycles. The Morgan fingerprint density at radius 1 is 1.32 bits per heavy atom. The van der Waals surface area contributed by atoms with E-state index in [0.29, 0.717) is 11.8 Å². The van der Waals surface area contributed by atoms with Gasteiger partial charge in [0, 0.05) is 12.1 Å². The first-order valence-electron chi connectivity index (χ1n) is 6.94. The van der Waals surface area contributed by atoms with E-state index in [1.54, 1.807) is 7.11 Å². The lowest BCUT2D eigenvalue weighted by molar-refractivity contribution is 0.258. The van der Waals surface area contributed by atoms with E-state index >= 15 is 0 Å². The molecule has 0 bridgehead atoms. The van der Waals surface area contributed by atoms with Gasteiger partial charge >= 0.3 is 0 Å². The molecule has 0 saturated carbocycles. The van der Waals surface area contributed by atoms with Gasteiger partial charge in [-0.15, -0.1) is 0 Å². The summed E-state index contributed by atoms with van der Waals surface area (Å²) in [6.07, 6.45) is 1.67. The lowest BCUT2D eigenvalue weighted by Gasteiger charge is -2.31. The summed E-state index contributed by atoms with van der Waals surface area (Å²) in [6.45, 7) is 9.68. The molecule has 2 nitrogen and oxygen atoms in total. The van der Waals surface area contributed by atoms with Crippen LogP contribution in [-0.2, 0) is 6.42 Å². The van der Waals surface area contributed by atoms with Crippen LogP contribution in [0.15, 0.2) is 18.2 Å². The number of hydrogen-bond acceptors (Lipinski definition) is 2. The number of ether oxygens (including phenoxy) is 1. The minimum atomic E-state index is -0.177. The van der Waals surface area contributed by atoms with E-state index in [4.69, 9.17) is 4.74 Å². The maximum Gasteiger partial charge on any atom is 0.130 e. The second kappa shape index (κ2) is 6.90. The molecule has 0 heterocycles. The molecule has 1 N–H and O–H groups in total. The molecule has 19 heavy (non-hydrogen) atoms. The van der Waals surface area contributed by atoms with Crippen molar-refractivity contribution < 1.29 is 9.13 Å². The van der Waals surface area contributed by atoms with Crippen LogP contribution in [0.25, 0.3) is 0 Å². The van der Waals surface area contributed by atoms with Gasteiger partial charge in [0.05, 0.1) is 7.11 Å². The quantitative estimate of drug-likeness (QED) is 0.846. The van der Waals surface area contributed by atoms with Crippen LogP contribution < -0.4 is 10.1 Å². The fourth-order valence-corrected chi connectivity index (χ4v) is 2.25. The van der Waals surface area contributed by atoms with Crippen molar-refractivity contribution in [3.05, 3.63) is 29.6 Å². The Hall–Kier alpha value is -1.09. The van der Waals surface area contributed by atoms with Gasteiger partial charge in [0.1, 0.15) is 11.6 Å². The van der Waals surface area contributed by atoms with E-state index in [9.17, 15) is 4.39 Å². The summed E-state index contributed by atoms with van der Waals surface area (Å²) >= 11 is 0. The standard InChI is InChI=1S/C16H26FNO/c1-6-18-15(16(2,3)4)10-8-12-7-9-13(19-5)11-14(12)17/h7,9,11,15,18H,6,8,10H2,1-5H3. The van der Waals surface area contributed by atoms with Gasteiger partial charge in [-0.3, -0.25) is 0 Å². The first kappa shape index (κ1) is 16.0. The van der Waals surface area contributed by atoms with Crippen molar-refractivity contribution in [2.45, 2.75) is 46.6 Å². The average molecular weight is 267 g/mol. The average Bonchev–Trinajstić information content (AvgIpc) is 2.34. The van der Waals surface area contributed by atoms with Crippen LogP contribution in [0.2, 0.25) is 0 Å². The minimum Gasteiger partial charge on any atom is -0.497 e. The number of rotatable bonds is 6. The molecule has 0 saturated heterocycles. The molecule has 1 aromatic rings. The second-order valence-corrected chi connectivity index (χ2v) is 5.97. The van der Waals surface area contributed by atoms with Gasteiger partial charge in [0.25, 0.3) is 0 Å². The molecule has 108 valence electrons. The van der Waals surface area contributed by atoms with E-state index in [0.717, 1.165) is 24.9 Å². The molecule has 1 atom stereocenters. The summed E-state index contributed by atoms with van der Waals surface area (Å²) in [6, 6.07) is 5.48. The van der Waals surface area contributed by atoms with E-state index in [2.05, 4.69) is 33.0 Å². The van der Waals surface area contributed by atoms with Gasteiger partial charge in [-0.25, -0.2) is 4.39 Å². The molecule has 0 aliphatic carbocycles. The summed E-state index contributed by atoms with van der Waals surface area (Å²) in [5.74, 6) is 0.392. The van der Waals surface area contributed by atoms with Gasteiger partial charge in [0.15, 0.2) is 0 Å². The zero-order valence-corrected chi connectivity index (χ0v) is 12.7. The van der Waals surface area contributed by atoms with Crippen LogP contribution in [-0.4, -0.2) is 19.7 Å². The van der Waals surface area contributed by atoms with Gasteiger partial charge in [0.2, 0.25) is 0 Å². The highest BCUT2D eigenvalue weighted by atomic mass is 19.1. The highest BCUT2D eigenvalue weighted by molar-refractivity contribution is 5.29. The van der Waals surface area contributed by atoms with Crippen molar-refractivity contribution in [3.8, 4) is 5.75 Å². The first-order valence-corrected chi connectivity index (χ1v) is 6.94. The van der Waals surface area contributed by atoms with E-state index in [1.165, 1.54) is 6.07 Å². The van der Waals surface area contributed by atoms with Gasteiger partial charge in [-0.05, 0) is 36.4 Å². The van der Waals surface area contributed by atoms with Crippen LogP contribution in [0.5, 0.6) is 5.75 Å². The summed E-state index contributed by atoms with van der Waals surface area (Å²) in [7, 11) is 1.55. The molecular weight excluding hydrogens is 241 g/mol. The fourth-order valence-electron chi connectivity index (χ4n) is 2.25. The molecule has 0 aliphatic heterocycles. The third kappa shape index (κ3) is 4.83. The number of nitrogens with one attached hydrogen (secondary N) is 1. The van der Waals surface area contributed by atoms with Gasteiger partial charge < -0.3 is 10.1 Å². The van der Waals surface area contributed by atoms with Crippen molar-refractivity contribution in [1.29, 1.82) is 0 Å². The highest BCUT2D eigenvalue weighted by Crippen LogP contribution is 2.24. The van der Waals surface area contributed by atoms with Crippen LogP contribution in [0.4, 0.5) is 4.39 Å². The molecule has 0 aliphatic rings. The topological polar surface area (TPSA) is 21.3 Å². The minimum absolute atomic E-state index is 0.177. The Morgan fingerprint density at radius 2 is 2.00 bits per heavy atom. The Morgan fingerprint density at radius 3 is 2.47 bits per heavy atom. The fraction of sp³-hybridized carbons (Fsp3) is 0.625. The van der Waals surface area contributed by atoms with Gasteiger partial charge in [-0.1, -0.05) is 33.8 Å². The third-order valence-corrected chi connectivity index (χ3v) is 3.46. The largest absolute Gasteiger partial charge is 0.497 e. The van der Waals surface area contributed by atoms with E-state index in [1.807, 2.05) is 12.1 Å². The summed E-state index contributed by atoms with van der Waals surface area (Å²) in [4.78, 5) is 0. The molecular formula is C16H26FNO. The van der Waals surface area contributed by atoms with Crippen molar-refractivity contribution >= 4 is 0 Å². The molecule has 0 radical (unpaired) electrons. The predicted octanol–water partition coefficient (Wildman–Crippen LogP) is 3.79. The Kier molecular flexibility index (Phi) is 5.80. The highest BCUT2D eigenvalue weighted by Gasteiger charge is 2.23. The normalized spacial score (nSPS) is 13.4. The summed E-state index contributed by atoms with van der Waals surface area (Å²) in [5, 5.41) is 3.49. The number of benzene rings is 1. The number of hydrogen-bond donors (Lipinski definition) is 1. The van der Waals surface area contributed by atoms with Crippen LogP contribution in [0, 0.1) is 11.2 Å². The maximum absolute atomic E-state index is 13.9. The van der Waals surface area contributed by atoms with Crippen molar-refractivity contribution in [1.82, 2.24) is 5.32 Å². The number of halogens is 1. The Bertz CT molecular complexity index is 398.